The topological polar surface area (TPSA) is 54.4 Å². The third-order valence-electron chi connectivity index (χ3n) is 1.75. The lowest BCUT2D eigenvalue weighted by Crippen LogP contribution is -2.05. The van der Waals surface area contributed by atoms with E-state index in [-0.39, 0.29) is 5.78 Å². The quantitative estimate of drug-likeness (QED) is 0.701. The van der Waals surface area contributed by atoms with Crippen molar-refractivity contribution in [2.24, 2.45) is 0 Å². The van der Waals surface area contributed by atoms with E-state index < -0.39 is 6.10 Å². The number of hydrogen-bond donors (Lipinski definition) is 1. The molecule has 0 fully saturated rings. The number of benzene rings is 1. The molecule has 1 rings (SSSR count). The van der Waals surface area contributed by atoms with Crippen LogP contribution in [0, 0.1) is 0 Å². The molecule has 0 aliphatic heterocycles. The maximum atomic E-state index is 11.0. The first-order valence-corrected chi connectivity index (χ1v) is 3.82. The van der Waals surface area contributed by atoms with Crippen LogP contribution in [0.2, 0.25) is 0 Å². The van der Waals surface area contributed by atoms with Crippen LogP contribution >= 0.6 is 0 Å². The summed E-state index contributed by atoms with van der Waals surface area (Å²) in [6, 6.07) is 6.44. The Hall–Kier alpha value is -1.48. The van der Waals surface area contributed by atoms with Gasteiger partial charge in [0.2, 0.25) is 6.29 Å². The zero-order chi connectivity index (χ0) is 9.84. The van der Waals surface area contributed by atoms with Gasteiger partial charge >= 0.3 is 0 Å². The standard InChI is InChI=1S/C10H9O3/c1-7(12)8-4-2-3-5-9(8)10(13)6-11/h2-5,10,13H,1H3. The number of aliphatic hydroxyl groups excluding tert-OH is 1. The molecule has 13 heavy (non-hydrogen) atoms. The van der Waals surface area contributed by atoms with Gasteiger partial charge in [-0.1, -0.05) is 24.3 Å². The molecule has 1 N–H and O–H groups in total. The SMILES string of the molecule is CC(=O)c1ccccc1C(O)[C]=O. The fraction of sp³-hybridized carbons (Fsp3) is 0.200. The van der Waals surface area contributed by atoms with Gasteiger partial charge in [-0.15, -0.1) is 0 Å². The average molecular weight is 177 g/mol. The monoisotopic (exact) mass is 177 g/mol. The molecule has 0 saturated carbocycles. The molecular formula is C10H9O3. The van der Waals surface area contributed by atoms with Crippen molar-refractivity contribution in [3.05, 3.63) is 35.4 Å². The zero-order valence-corrected chi connectivity index (χ0v) is 7.15. The van der Waals surface area contributed by atoms with E-state index in [1.807, 2.05) is 0 Å². The maximum Gasteiger partial charge on any atom is 0.234 e. The van der Waals surface area contributed by atoms with Gasteiger partial charge in [0, 0.05) is 5.56 Å². The lowest BCUT2D eigenvalue weighted by molar-refractivity contribution is 0.101. The van der Waals surface area contributed by atoms with Gasteiger partial charge in [0.1, 0.15) is 6.10 Å². The smallest absolute Gasteiger partial charge is 0.234 e. The Labute approximate surface area is 76.0 Å². The first kappa shape index (κ1) is 9.61. The molecule has 0 bridgehead atoms. The summed E-state index contributed by atoms with van der Waals surface area (Å²) in [5.74, 6) is -0.176. The molecule has 0 spiro atoms. The summed E-state index contributed by atoms with van der Waals surface area (Å²) in [4.78, 5) is 21.2. The van der Waals surface area contributed by atoms with Gasteiger partial charge in [-0.25, -0.2) is 0 Å². The van der Waals surface area contributed by atoms with Crippen LogP contribution in [-0.4, -0.2) is 17.2 Å². The minimum absolute atomic E-state index is 0.176. The molecule has 0 aliphatic rings. The minimum Gasteiger partial charge on any atom is -0.380 e. The second-order valence-corrected chi connectivity index (χ2v) is 2.66. The number of carbonyl (C=O) groups excluding carboxylic acids is 2. The van der Waals surface area contributed by atoms with E-state index >= 15 is 0 Å². The molecule has 1 aromatic carbocycles. The highest BCUT2D eigenvalue weighted by molar-refractivity contribution is 5.96. The third-order valence-corrected chi connectivity index (χ3v) is 1.75. The highest BCUT2D eigenvalue weighted by Crippen LogP contribution is 2.16. The number of aliphatic hydroxyl groups is 1. The summed E-state index contributed by atoms with van der Waals surface area (Å²) in [5.41, 5.74) is 0.670. The Morgan fingerprint density at radius 2 is 2.08 bits per heavy atom. The van der Waals surface area contributed by atoms with Crippen molar-refractivity contribution in [3.63, 3.8) is 0 Å². The van der Waals surface area contributed by atoms with Gasteiger partial charge in [0.15, 0.2) is 5.78 Å². The van der Waals surface area contributed by atoms with E-state index in [1.165, 1.54) is 19.3 Å². The zero-order valence-electron chi connectivity index (χ0n) is 7.15. The van der Waals surface area contributed by atoms with Crippen molar-refractivity contribution < 1.29 is 14.7 Å². The maximum absolute atomic E-state index is 11.0. The molecule has 67 valence electrons. The third kappa shape index (κ3) is 2.00. The van der Waals surface area contributed by atoms with Crippen LogP contribution in [0.4, 0.5) is 0 Å². The van der Waals surface area contributed by atoms with E-state index in [0.29, 0.717) is 11.1 Å². The van der Waals surface area contributed by atoms with Crippen LogP contribution < -0.4 is 0 Å². The van der Waals surface area contributed by atoms with Crippen LogP contribution in [0.3, 0.4) is 0 Å². The van der Waals surface area contributed by atoms with Gasteiger partial charge in [0.25, 0.3) is 0 Å². The average Bonchev–Trinajstić information content (AvgIpc) is 2.16. The van der Waals surface area contributed by atoms with Crippen LogP contribution in [-0.2, 0) is 4.79 Å². The molecule has 0 heterocycles. The number of rotatable bonds is 3. The fourth-order valence-electron chi connectivity index (χ4n) is 1.12. The van der Waals surface area contributed by atoms with E-state index in [0.717, 1.165) is 0 Å². The van der Waals surface area contributed by atoms with Crippen LogP contribution in [0.25, 0.3) is 0 Å². The molecule has 1 unspecified atom stereocenters. The van der Waals surface area contributed by atoms with Crippen molar-refractivity contribution >= 4 is 12.1 Å². The molecule has 1 radical (unpaired) electrons. The van der Waals surface area contributed by atoms with Crippen LogP contribution in [0.5, 0.6) is 0 Å². The molecule has 0 amide bonds. The molecule has 1 aromatic rings. The van der Waals surface area contributed by atoms with Crippen molar-refractivity contribution in [3.8, 4) is 0 Å². The first-order valence-electron chi connectivity index (χ1n) is 3.82. The van der Waals surface area contributed by atoms with E-state index in [4.69, 9.17) is 0 Å². The lowest BCUT2D eigenvalue weighted by atomic mass is 10.0. The van der Waals surface area contributed by atoms with Crippen molar-refractivity contribution in [1.82, 2.24) is 0 Å². The Morgan fingerprint density at radius 1 is 1.46 bits per heavy atom. The summed E-state index contributed by atoms with van der Waals surface area (Å²) >= 11 is 0. The number of hydrogen-bond acceptors (Lipinski definition) is 3. The second kappa shape index (κ2) is 3.96. The number of Topliss-reactive ketones (excluding diaryl/α,β-unsaturated/α-hetero) is 1. The predicted octanol–water partition coefficient (Wildman–Crippen LogP) is 1.03. The molecule has 0 aromatic heterocycles. The summed E-state index contributed by atoms with van der Waals surface area (Å²) < 4.78 is 0. The summed E-state index contributed by atoms with van der Waals surface area (Å²) in [5, 5.41) is 9.18. The predicted molar refractivity (Wildman–Crippen MR) is 47.1 cm³/mol. The summed E-state index contributed by atoms with van der Waals surface area (Å²) in [7, 11) is 0. The lowest BCUT2D eigenvalue weighted by Gasteiger charge is -2.06. The summed E-state index contributed by atoms with van der Waals surface area (Å²) in [6.45, 7) is 1.39. The van der Waals surface area contributed by atoms with Crippen LogP contribution in [0.15, 0.2) is 24.3 Å². The fourth-order valence-corrected chi connectivity index (χ4v) is 1.12. The van der Waals surface area contributed by atoms with E-state index in [1.54, 1.807) is 18.2 Å². The molecular weight excluding hydrogens is 168 g/mol. The van der Waals surface area contributed by atoms with Gasteiger partial charge < -0.3 is 5.11 Å². The number of carbonyl (C=O) groups is 1. The van der Waals surface area contributed by atoms with Gasteiger partial charge in [-0.3, -0.25) is 9.59 Å². The Morgan fingerprint density at radius 3 is 2.62 bits per heavy atom. The van der Waals surface area contributed by atoms with Crippen molar-refractivity contribution in [1.29, 1.82) is 0 Å². The molecule has 3 heteroatoms. The molecule has 3 nitrogen and oxygen atoms in total. The second-order valence-electron chi connectivity index (χ2n) is 2.66. The Bertz CT molecular complexity index is 331. The summed E-state index contributed by atoms with van der Waals surface area (Å²) in [6.07, 6.45) is 0.0966. The normalized spacial score (nSPS) is 12.2. The highest BCUT2D eigenvalue weighted by atomic mass is 16.3. The largest absolute Gasteiger partial charge is 0.380 e. The van der Waals surface area contributed by atoms with E-state index in [2.05, 4.69) is 0 Å². The minimum atomic E-state index is -1.33. The van der Waals surface area contributed by atoms with Gasteiger partial charge in [-0.05, 0) is 12.5 Å². The highest BCUT2D eigenvalue weighted by Gasteiger charge is 2.13. The number of ketones is 1. The molecule has 1 atom stereocenters. The first-order chi connectivity index (χ1) is 6.16. The van der Waals surface area contributed by atoms with Crippen LogP contribution in [0.1, 0.15) is 28.9 Å². The van der Waals surface area contributed by atoms with Gasteiger partial charge in [0.05, 0.1) is 0 Å². The van der Waals surface area contributed by atoms with Crippen molar-refractivity contribution in [2.75, 3.05) is 0 Å². The van der Waals surface area contributed by atoms with Crippen molar-refractivity contribution in [2.45, 2.75) is 13.0 Å². The van der Waals surface area contributed by atoms with Gasteiger partial charge in [-0.2, -0.15) is 0 Å². The molecule has 0 saturated heterocycles. The molecule has 0 aliphatic carbocycles. The van der Waals surface area contributed by atoms with E-state index in [9.17, 15) is 14.7 Å². The Balaban J connectivity index is 3.19. The Kier molecular flexibility index (Phi) is 2.93.